The van der Waals surface area contributed by atoms with Gasteiger partial charge in [-0.15, -0.1) is 0 Å². The van der Waals surface area contributed by atoms with Crippen molar-refractivity contribution < 1.29 is 9.53 Å². The summed E-state index contributed by atoms with van der Waals surface area (Å²) in [5.41, 5.74) is 1.99. The van der Waals surface area contributed by atoms with Crippen LogP contribution < -0.4 is 16.6 Å². The number of unbranched alkanes of at least 4 members (excludes halogenated alkanes) is 1. The van der Waals surface area contributed by atoms with Crippen molar-refractivity contribution in [3.63, 3.8) is 0 Å². The van der Waals surface area contributed by atoms with Crippen LogP contribution in [0.15, 0.2) is 0 Å². The molecule has 0 fully saturated rings. The number of hydrazine groups is 1. The van der Waals surface area contributed by atoms with Crippen LogP contribution in [0.4, 0.5) is 4.79 Å². The van der Waals surface area contributed by atoms with E-state index in [2.05, 4.69) is 5.32 Å². The molecule has 0 unspecified atom stereocenters. The molecule has 0 aromatic heterocycles. The molecule has 0 aliphatic rings. The fraction of sp³-hybridized carbons (Fsp3) is 0.875. The average molecular weight is 189 g/mol. The molecule has 0 bridgehead atoms. The minimum absolute atomic E-state index is 0.278. The van der Waals surface area contributed by atoms with Gasteiger partial charge in [0.05, 0.1) is 6.10 Å². The van der Waals surface area contributed by atoms with Gasteiger partial charge in [0, 0.05) is 13.2 Å². The number of carbonyl (C=O) groups is 1. The molecule has 0 saturated heterocycles. The molecule has 0 atom stereocenters. The van der Waals surface area contributed by atoms with E-state index < -0.39 is 0 Å². The number of nitrogens with one attached hydrogen (secondary N) is 2. The van der Waals surface area contributed by atoms with Crippen LogP contribution in [0.25, 0.3) is 0 Å². The average Bonchev–Trinajstić information content (AvgIpc) is 2.10. The summed E-state index contributed by atoms with van der Waals surface area (Å²) >= 11 is 0. The molecule has 0 aromatic rings. The number of urea groups is 1. The van der Waals surface area contributed by atoms with Gasteiger partial charge < -0.3 is 10.1 Å². The topological polar surface area (TPSA) is 76.4 Å². The summed E-state index contributed by atoms with van der Waals surface area (Å²) in [6.07, 6.45) is 2.13. The third-order valence-electron chi connectivity index (χ3n) is 1.44. The van der Waals surface area contributed by atoms with Crippen LogP contribution in [0, 0.1) is 0 Å². The second kappa shape index (κ2) is 7.82. The van der Waals surface area contributed by atoms with Crippen molar-refractivity contribution in [2.75, 3.05) is 13.2 Å². The van der Waals surface area contributed by atoms with E-state index in [4.69, 9.17) is 10.6 Å². The van der Waals surface area contributed by atoms with Crippen LogP contribution in [0.5, 0.6) is 0 Å². The first-order valence-corrected chi connectivity index (χ1v) is 4.53. The number of carbonyl (C=O) groups excluding carboxylic acids is 1. The molecule has 78 valence electrons. The Hall–Kier alpha value is -0.810. The zero-order valence-corrected chi connectivity index (χ0v) is 8.30. The second-order valence-electron chi connectivity index (χ2n) is 3.03. The van der Waals surface area contributed by atoms with E-state index in [1.807, 2.05) is 19.3 Å². The highest BCUT2D eigenvalue weighted by atomic mass is 16.5. The second-order valence-corrected chi connectivity index (χ2v) is 3.03. The maximum absolute atomic E-state index is 10.6. The highest BCUT2D eigenvalue weighted by Gasteiger charge is 1.95. The van der Waals surface area contributed by atoms with Crippen molar-refractivity contribution in [1.29, 1.82) is 0 Å². The van der Waals surface area contributed by atoms with Crippen molar-refractivity contribution in [2.45, 2.75) is 32.8 Å². The fourth-order valence-electron chi connectivity index (χ4n) is 0.799. The van der Waals surface area contributed by atoms with Crippen LogP contribution in [0.2, 0.25) is 0 Å². The number of hydrogen-bond acceptors (Lipinski definition) is 3. The van der Waals surface area contributed by atoms with E-state index in [1.165, 1.54) is 0 Å². The SMILES string of the molecule is CC(C)OCCCCNC(=O)NN. The maximum atomic E-state index is 10.6. The fourth-order valence-corrected chi connectivity index (χ4v) is 0.799. The lowest BCUT2D eigenvalue weighted by Gasteiger charge is -2.07. The zero-order valence-electron chi connectivity index (χ0n) is 8.30. The van der Waals surface area contributed by atoms with Gasteiger partial charge in [-0.2, -0.15) is 0 Å². The zero-order chi connectivity index (χ0) is 10.1. The molecule has 5 nitrogen and oxygen atoms in total. The van der Waals surface area contributed by atoms with Crippen LogP contribution >= 0.6 is 0 Å². The molecule has 0 radical (unpaired) electrons. The van der Waals surface area contributed by atoms with Crippen LogP contribution in [0.1, 0.15) is 26.7 Å². The lowest BCUT2D eigenvalue weighted by atomic mass is 10.3. The van der Waals surface area contributed by atoms with Crippen molar-refractivity contribution in [3.8, 4) is 0 Å². The molecule has 4 N–H and O–H groups in total. The Kier molecular flexibility index (Phi) is 7.33. The Bertz CT molecular complexity index is 139. The Labute approximate surface area is 79.0 Å². The molecule has 0 saturated carbocycles. The Morgan fingerprint density at radius 1 is 1.46 bits per heavy atom. The van der Waals surface area contributed by atoms with Gasteiger partial charge in [0.1, 0.15) is 0 Å². The Morgan fingerprint density at radius 3 is 2.69 bits per heavy atom. The molecular formula is C8H19N3O2. The normalized spacial score (nSPS) is 10.2. The summed E-state index contributed by atoms with van der Waals surface area (Å²) in [7, 11) is 0. The quantitative estimate of drug-likeness (QED) is 0.244. The van der Waals surface area contributed by atoms with Gasteiger partial charge in [0.15, 0.2) is 0 Å². The van der Waals surface area contributed by atoms with Gasteiger partial charge >= 0.3 is 6.03 Å². The first-order chi connectivity index (χ1) is 6.16. The predicted octanol–water partition coefficient (Wildman–Crippen LogP) is 0.365. The van der Waals surface area contributed by atoms with Crippen LogP contribution in [-0.2, 0) is 4.74 Å². The minimum atomic E-state index is -0.343. The Morgan fingerprint density at radius 2 is 2.15 bits per heavy atom. The molecule has 13 heavy (non-hydrogen) atoms. The maximum Gasteiger partial charge on any atom is 0.328 e. The standard InChI is InChI=1S/C8H19N3O2/c1-7(2)13-6-4-3-5-10-8(12)11-9/h7H,3-6,9H2,1-2H3,(H2,10,11,12). The number of ether oxygens (including phenoxy) is 1. The van der Waals surface area contributed by atoms with E-state index in [0.717, 1.165) is 19.4 Å². The molecule has 0 aliphatic heterocycles. The highest BCUT2D eigenvalue weighted by Crippen LogP contribution is 1.92. The lowest BCUT2D eigenvalue weighted by Crippen LogP contribution is -2.40. The predicted molar refractivity (Wildman–Crippen MR) is 51.0 cm³/mol. The molecule has 0 spiro atoms. The summed E-state index contributed by atoms with van der Waals surface area (Å²) in [4.78, 5) is 10.6. The van der Waals surface area contributed by atoms with Crippen molar-refractivity contribution in [2.24, 2.45) is 5.84 Å². The molecule has 0 aliphatic carbocycles. The minimum Gasteiger partial charge on any atom is -0.379 e. The summed E-state index contributed by atoms with van der Waals surface area (Å²) in [6, 6.07) is -0.343. The third kappa shape index (κ3) is 9.10. The van der Waals surface area contributed by atoms with Crippen LogP contribution in [-0.4, -0.2) is 25.3 Å². The molecule has 5 heteroatoms. The van der Waals surface area contributed by atoms with Gasteiger partial charge in [-0.05, 0) is 26.7 Å². The van der Waals surface area contributed by atoms with E-state index in [1.54, 1.807) is 0 Å². The van der Waals surface area contributed by atoms with E-state index in [0.29, 0.717) is 6.54 Å². The smallest absolute Gasteiger partial charge is 0.328 e. The highest BCUT2D eigenvalue weighted by molar-refractivity contribution is 5.72. The monoisotopic (exact) mass is 189 g/mol. The third-order valence-corrected chi connectivity index (χ3v) is 1.44. The summed E-state index contributed by atoms with van der Waals surface area (Å²) in [5, 5.41) is 2.59. The summed E-state index contributed by atoms with van der Waals surface area (Å²) in [6.45, 7) is 5.37. The Balaban J connectivity index is 3.04. The number of hydrogen-bond donors (Lipinski definition) is 3. The van der Waals surface area contributed by atoms with Gasteiger partial charge in [-0.3, -0.25) is 5.43 Å². The van der Waals surface area contributed by atoms with E-state index in [-0.39, 0.29) is 12.1 Å². The van der Waals surface area contributed by atoms with Gasteiger partial charge in [-0.1, -0.05) is 0 Å². The van der Waals surface area contributed by atoms with Crippen molar-refractivity contribution in [1.82, 2.24) is 10.7 Å². The number of nitrogens with two attached hydrogens (primary N) is 1. The van der Waals surface area contributed by atoms with Crippen molar-refractivity contribution in [3.05, 3.63) is 0 Å². The molecular weight excluding hydrogens is 170 g/mol. The van der Waals surface area contributed by atoms with Gasteiger partial charge in [0.2, 0.25) is 0 Å². The largest absolute Gasteiger partial charge is 0.379 e. The first-order valence-electron chi connectivity index (χ1n) is 4.53. The van der Waals surface area contributed by atoms with E-state index in [9.17, 15) is 4.79 Å². The van der Waals surface area contributed by atoms with Gasteiger partial charge in [-0.25, -0.2) is 10.6 Å². The van der Waals surface area contributed by atoms with Gasteiger partial charge in [0.25, 0.3) is 0 Å². The molecule has 2 amide bonds. The lowest BCUT2D eigenvalue weighted by molar-refractivity contribution is 0.0761. The molecule has 0 rings (SSSR count). The summed E-state index contributed by atoms with van der Waals surface area (Å²) in [5.74, 6) is 4.87. The summed E-state index contributed by atoms with van der Waals surface area (Å²) < 4.78 is 5.32. The number of amides is 2. The first kappa shape index (κ1) is 12.2. The molecule has 0 heterocycles. The van der Waals surface area contributed by atoms with Crippen molar-refractivity contribution >= 4 is 6.03 Å². The van der Waals surface area contributed by atoms with E-state index >= 15 is 0 Å². The number of rotatable bonds is 6. The molecule has 0 aromatic carbocycles. The van der Waals surface area contributed by atoms with Crippen LogP contribution in [0.3, 0.4) is 0 Å².